The van der Waals surface area contributed by atoms with Crippen molar-refractivity contribution in [2.45, 2.75) is 34.1 Å². The molecule has 270 valence electrons. The van der Waals surface area contributed by atoms with Crippen LogP contribution in [0, 0.1) is 13.8 Å². The van der Waals surface area contributed by atoms with Crippen molar-refractivity contribution in [3.63, 3.8) is 0 Å². The van der Waals surface area contributed by atoms with E-state index >= 15 is 0 Å². The molecule has 1 aliphatic rings. The fraction of sp³-hybridized carbons (Fsp3) is 0.0943. The van der Waals surface area contributed by atoms with Gasteiger partial charge in [-0.25, -0.2) is 9.97 Å². The molecule has 0 fully saturated rings. The molecule has 9 rings (SSSR count). The molecule has 6 aromatic carbocycles. The summed E-state index contributed by atoms with van der Waals surface area (Å²) >= 11 is 0. The Bertz CT molecular complexity index is 2920. The molecular formula is C53H43N3. The minimum absolute atomic E-state index is 0.752. The van der Waals surface area contributed by atoms with Gasteiger partial charge in [0.2, 0.25) is 0 Å². The fourth-order valence-corrected chi connectivity index (χ4v) is 8.32. The fourth-order valence-electron chi connectivity index (χ4n) is 8.32. The summed E-state index contributed by atoms with van der Waals surface area (Å²) in [5.41, 5.74) is 17.9. The average molecular weight is 722 g/mol. The highest BCUT2D eigenvalue weighted by molar-refractivity contribution is 6.06. The van der Waals surface area contributed by atoms with Crippen LogP contribution in [0.5, 0.6) is 0 Å². The Kier molecular flexibility index (Phi) is 8.99. The van der Waals surface area contributed by atoms with Crippen LogP contribution in [0.1, 0.15) is 47.6 Å². The van der Waals surface area contributed by atoms with Crippen molar-refractivity contribution in [1.29, 1.82) is 0 Å². The number of para-hydroxylation sites is 1. The van der Waals surface area contributed by atoms with E-state index in [0.29, 0.717) is 0 Å². The third-order valence-electron chi connectivity index (χ3n) is 11.1. The van der Waals surface area contributed by atoms with E-state index in [4.69, 9.17) is 9.97 Å². The second-order valence-electron chi connectivity index (χ2n) is 14.9. The lowest BCUT2D eigenvalue weighted by Crippen LogP contribution is -2.09. The highest BCUT2D eigenvalue weighted by atomic mass is 15.1. The van der Waals surface area contributed by atoms with E-state index in [1.54, 1.807) is 0 Å². The molecule has 0 radical (unpaired) electrons. The number of aryl methyl sites for hydroxylation is 2. The molecule has 8 aromatic rings. The van der Waals surface area contributed by atoms with Crippen molar-refractivity contribution < 1.29 is 0 Å². The van der Waals surface area contributed by atoms with Crippen molar-refractivity contribution in [3.05, 3.63) is 204 Å². The van der Waals surface area contributed by atoms with Gasteiger partial charge in [-0.15, -0.1) is 0 Å². The first-order chi connectivity index (χ1) is 27.4. The normalized spacial score (nSPS) is 13.0. The van der Waals surface area contributed by atoms with Crippen LogP contribution in [0.15, 0.2) is 170 Å². The van der Waals surface area contributed by atoms with Gasteiger partial charge in [-0.05, 0) is 95.6 Å². The summed E-state index contributed by atoms with van der Waals surface area (Å²) in [6.45, 7) is 12.8. The van der Waals surface area contributed by atoms with Gasteiger partial charge in [-0.3, -0.25) is 4.57 Å². The molecule has 2 aromatic heterocycles. The maximum atomic E-state index is 5.68. The predicted molar refractivity (Wildman–Crippen MR) is 238 cm³/mol. The van der Waals surface area contributed by atoms with Gasteiger partial charge in [0.15, 0.2) is 5.82 Å². The predicted octanol–water partition coefficient (Wildman–Crippen LogP) is 13.8. The second kappa shape index (κ2) is 14.4. The quantitative estimate of drug-likeness (QED) is 0.146. The standard InChI is InChI=1S/C53H43N3/c1-6-7-22-45-36(4)32-47-51(45)55-53(50(54-47)40-28-26-39(27-29-40)38-18-9-8-10-19-38)56-48-25-16-15-24-46(48)49(44-23-14-11-17-34(44)2)52(56)37(5)31-43-33-42-21-13-12-20-41(42)30-35(43)3/h6-31,33H,1,32H2,2-5H3/b22-7-,37-31+. The first-order valence-electron chi connectivity index (χ1n) is 19.3. The summed E-state index contributed by atoms with van der Waals surface area (Å²) in [4.78, 5) is 11.2. The van der Waals surface area contributed by atoms with Crippen LogP contribution in [-0.4, -0.2) is 14.5 Å². The molecule has 0 amide bonds. The first-order valence-corrected chi connectivity index (χ1v) is 19.3. The minimum atomic E-state index is 0.752. The van der Waals surface area contributed by atoms with Gasteiger partial charge in [0.1, 0.15) is 5.69 Å². The van der Waals surface area contributed by atoms with E-state index in [1.165, 1.54) is 55.1 Å². The molecule has 0 bridgehead atoms. The second-order valence-corrected chi connectivity index (χ2v) is 14.9. The van der Waals surface area contributed by atoms with E-state index in [-0.39, 0.29) is 0 Å². The summed E-state index contributed by atoms with van der Waals surface area (Å²) in [6.07, 6.45) is 9.05. The zero-order valence-electron chi connectivity index (χ0n) is 32.3. The summed E-state index contributed by atoms with van der Waals surface area (Å²) in [6, 6.07) is 50.0. The van der Waals surface area contributed by atoms with E-state index < -0.39 is 0 Å². The molecular weight excluding hydrogens is 679 g/mol. The van der Waals surface area contributed by atoms with Crippen LogP contribution in [0.4, 0.5) is 0 Å². The number of fused-ring (bicyclic) bond motifs is 3. The van der Waals surface area contributed by atoms with Gasteiger partial charge in [0, 0.05) is 28.5 Å². The van der Waals surface area contributed by atoms with E-state index in [9.17, 15) is 0 Å². The topological polar surface area (TPSA) is 30.7 Å². The molecule has 0 spiro atoms. The molecule has 3 nitrogen and oxygen atoms in total. The average Bonchev–Trinajstić information content (AvgIpc) is 3.73. The lowest BCUT2D eigenvalue weighted by atomic mass is 9.94. The van der Waals surface area contributed by atoms with Gasteiger partial charge in [0.25, 0.3) is 0 Å². The molecule has 56 heavy (non-hydrogen) atoms. The highest BCUT2D eigenvalue weighted by Gasteiger charge is 2.29. The van der Waals surface area contributed by atoms with Gasteiger partial charge >= 0.3 is 0 Å². The monoisotopic (exact) mass is 721 g/mol. The Balaban J connectivity index is 1.37. The molecule has 0 aliphatic heterocycles. The third-order valence-corrected chi connectivity index (χ3v) is 11.1. The Labute approximate surface area is 329 Å². The lowest BCUT2D eigenvalue weighted by Gasteiger charge is -2.18. The number of allylic oxidation sites excluding steroid dienone is 6. The number of hydrogen-bond donors (Lipinski definition) is 0. The van der Waals surface area contributed by atoms with E-state index in [0.717, 1.165) is 62.8 Å². The molecule has 0 saturated carbocycles. The zero-order valence-corrected chi connectivity index (χ0v) is 32.3. The Morgan fingerprint density at radius 3 is 2.09 bits per heavy atom. The van der Waals surface area contributed by atoms with Gasteiger partial charge in [-0.1, -0.05) is 158 Å². The lowest BCUT2D eigenvalue weighted by molar-refractivity contribution is 0.963. The van der Waals surface area contributed by atoms with Crippen LogP contribution >= 0.6 is 0 Å². The summed E-state index contributed by atoms with van der Waals surface area (Å²) in [5.74, 6) is 0.810. The number of benzene rings is 6. The molecule has 0 saturated heterocycles. The molecule has 1 aliphatic carbocycles. The Hall–Kier alpha value is -6.84. The van der Waals surface area contributed by atoms with Crippen LogP contribution in [0.2, 0.25) is 0 Å². The van der Waals surface area contributed by atoms with Crippen molar-refractivity contribution in [3.8, 4) is 39.3 Å². The highest BCUT2D eigenvalue weighted by Crippen LogP contribution is 2.44. The summed E-state index contributed by atoms with van der Waals surface area (Å²) < 4.78 is 2.38. The maximum Gasteiger partial charge on any atom is 0.165 e. The third kappa shape index (κ3) is 6.12. The van der Waals surface area contributed by atoms with Crippen molar-refractivity contribution in [2.75, 3.05) is 0 Å². The first kappa shape index (κ1) is 34.9. The van der Waals surface area contributed by atoms with Crippen molar-refractivity contribution in [1.82, 2.24) is 14.5 Å². The van der Waals surface area contributed by atoms with Gasteiger partial charge in [0.05, 0.1) is 22.6 Å². The summed E-state index contributed by atoms with van der Waals surface area (Å²) in [5, 5.41) is 3.64. The number of rotatable bonds is 8. The smallest absolute Gasteiger partial charge is 0.165 e. The molecule has 0 atom stereocenters. The van der Waals surface area contributed by atoms with Crippen LogP contribution in [0.25, 0.3) is 78.2 Å². The summed E-state index contributed by atoms with van der Waals surface area (Å²) in [7, 11) is 0. The van der Waals surface area contributed by atoms with Crippen LogP contribution in [-0.2, 0) is 6.42 Å². The van der Waals surface area contributed by atoms with Crippen LogP contribution in [0.3, 0.4) is 0 Å². The van der Waals surface area contributed by atoms with Crippen LogP contribution < -0.4 is 0 Å². The zero-order chi connectivity index (χ0) is 38.3. The number of aromatic nitrogens is 3. The maximum absolute atomic E-state index is 5.68. The number of hydrogen-bond acceptors (Lipinski definition) is 2. The van der Waals surface area contributed by atoms with Gasteiger partial charge in [-0.2, -0.15) is 0 Å². The van der Waals surface area contributed by atoms with Crippen molar-refractivity contribution in [2.24, 2.45) is 0 Å². The molecule has 0 unspecified atom stereocenters. The minimum Gasteiger partial charge on any atom is -0.292 e. The van der Waals surface area contributed by atoms with E-state index in [2.05, 4.69) is 191 Å². The largest absolute Gasteiger partial charge is 0.292 e. The molecule has 0 N–H and O–H groups in total. The SMILES string of the molecule is C=C/C=C\C1=C(C)Cc2nc(-c3ccc(-c4ccccc4)cc3)c(-n3c(/C(C)=C/c4cc5ccccc5cc4C)c(-c4ccccc4C)c4ccccc43)nc21. The van der Waals surface area contributed by atoms with Crippen molar-refractivity contribution >= 4 is 38.9 Å². The van der Waals surface area contributed by atoms with E-state index in [1.807, 2.05) is 12.2 Å². The number of nitrogens with zero attached hydrogens (tertiary/aromatic N) is 3. The Morgan fingerprint density at radius 1 is 0.661 bits per heavy atom. The Morgan fingerprint density at radius 2 is 1.32 bits per heavy atom. The molecule has 2 heterocycles. The van der Waals surface area contributed by atoms with Gasteiger partial charge < -0.3 is 0 Å². The molecule has 3 heteroatoms.